The quantitative estimate of drug-likeness (QED) is 0.685. The molecule has 2 rings (SSSR count). The van der Waals surface area contributed by atoms with Crippen molar-refractivity contribution in [3.63, 3.8) is 0 Å². The van der Waals surface area contributed by atoms with Crippen molar-refractivity contribution in [2.45, 2.75) is 56.9 Å². The maximum atomic E-state index is 5.89. The first kappa shape index (κ1) is 12.6. The van der Waals surface area contributed by atoms with Gasteiger partial charge in [0.25, 0.3) is 0 Å². The second kappa shape index (κ2) is 5.65. The zero-order chi connectivity index (χ0) is 11.4. The molecular weight excluding hydrogens is 216 g/mol. The van der Waals surface area contributed by atoms with E-state index in [1.807, 2.05) is 14.2 Å². The zero-order valence-corrected chi connectivity index (χ0v) is 11.7. The van der Waals surface area contributed by atoms with Gasteiger partial charge in [-0.1, -0.05) is 38.5 Å². The van der Waals surface area contributed by atoms with Crippen LogP contribution in [0.15, 0.2) is 0 Å². The van der Waals surface area contributed by atoms with Crippen molar-refractivity contribution in [2.24, 2.45) is 5.92 Å². The van der Waals surface area contributed by atoms with Gasteiger partial charge in [0.1, 0.15) is 0 Å². The average molecular weight is 241 g/mol. The molecule has 0 aromatic carbocycles. The van der Waals surface area contributed by atoms with Crippen molar-refractivity contribution in [1.29, 1.82) is 0 Å². The second-order valence-electron chi connectivity index (χ2n) is 5.32. The van der Waals surface area contributed by atoms with E-state index >= 15 is 0 Å². The minimum Gasteiger partial charge on any atom is -0.397 e. The maximum Gasteiger partial charge on any atom is 0.344 e. The van der Waals surface area contributed by atoms with E-state index in [0.717, 1.165) is 5.92 Å². The van der Waals surface area contributed by atoms with Crippen LogP contribution in [-0.4, -0.2) is 22.8 Å². The van der Waals surface area contributed by atoms with E-state index in [-0.39, 0.29) is 0 Å². The Morgan fingerprint density at radius 3 is 1.94 bits per heavy atom. The Morgan fingerprint density at radius 1 is 0.875 bits per heavy atom. The largest absolute Gasteiger partial charge is 0.397 e. The van der Waals surface area contributed by atoms with Crippen molar-refractivity contribution in [1.82, 2.24) is 0 Å². The first-order chi connectivity index (χ1) is 7.80. The molecule has 2 nitrogen and oxygen atoms in total. The summed E-state index contributed by atoms with van der Waals surface area (Å²) < 4.78 is 11.8. The molecule has 2 saturated carbocycles. The third-order valence-electron chi connectivity index (χ3n) is 4.43. The molecule has 1 radical (unpaired) electrons. The van der Waals surface area contributed by atoms with Crippen LogP contribution in [0, 0.1) is 12.0 Å². The monoisotopic (exact) mass is 241 g/mol. The summed E-state index contributed by atoms with van der Waals surface area (Å²) in [4.78, 5) is 0. The van der Waals surface area contributed by atoms with Crippen LogP contribution < -0.4 is 0 Å². The summed E-state index contributed by atoms with van der Waals surface area (Å²) in [6.45, 7) is 0. The Kier molecular flexibility index (Phi) is 4.45. The Morgan fingerprint density at radius 2 is 1.50 bits per heavy atom. The summed E-state index contributed by atoms with van der Waals surface area (Å²) >= 11 is 0. The molecule has 0 saturated heterocycles. The fourth-order valence-electron chi connectivity index (χ4n) is 3.13. The van der Waals surface area contributed by atoms with Gasteiger partial charge >= 0.3 is 8.56 Å². The van der Waals surface area contributed by atoms with Gasteiger partial charge < -0.3 is 8.85 Å². The van der Waals surface area contributed by atoms with Gasteiger partial charge in [-0.25, -0.2) is 0 Å². The second-order valence-corrected chi connectivity index (χ2v) is 8.73. The highest BCUT2D eigenvalue weighted by Crippen LogP contribution is 2.43. The van der Waals surface area contributed by atoms with Gasteiger partial charge in [-0.15, -0.1) is 0 Å². The van der Waals surface area contributed by atoms with E-state index in [4.69, 9.17) is 8.85 Å². The van der Waals surface area contributed by atoms with Gasteiger partial charge in [0.2, 0.25) is 0 Å². The highest BCUT2D eigenvalue weighted by atomic mass is 28.4. The minimum atomic E-state index is -2.00. The molecule has 2 aliphatic rings. The third-order valence-corrected chi connectivity index (χ3v) is 8.36. The van der Waals surface area contributed by atoms with Crippen molar-refractivity contribution in [2.75, 3.05) is 14.2 Å². The summed E-state index contributed by atoms with van der Waals surface area (Å²) in [5.41, 5.74) is 0.705. The van der Waals surface area contributed by atoms with E-state index in [1.165, 1.54) is 51.4 Å². The fourth-order valence-corrected chi connectivity index (χ4v) is 6.71. The normalized spacial score (nSPS) is 24.4. The molecule has 2 fully saturated rings. The van der Waals surface area contributed by atoms with Crippen LogP contribution in [0.2, 0.25) is 5.54 Å². The molecular formula is C13H25O2Si. The minimum absolute atomic E-state index is 0.705. The summed E-state index contributed by atoms with van der Waals surface area (Å²) in [6, 6.07) is 2.49. The van der Waals surface area contributed by atoms with Gasteiger partial charge in [0.05, 0.1) is 0 Å². The fraction of sp³-hybridized carbons (Fsp3) is 0.923. The lowest BCUT2D eigenvalue weighted by molar-refractivity contribution is 0.213. The molecule has 0 N–H and O–H groups in total. The number of hydrogen-bond donors (Lipinski definition) is 0. The maximum absolute atomic E-state index is 5.89. The van der Waals surface area contributed by atoms with Crippen molar-refractivity contribution in [3.8, 4) is 0 Å². The average Bonchev–Trinajstić information content (AvgIpc) is 2.30. The van der Waals surface area contributed by atoms with Crippen LogP contribution >= 0.6 is 0 Å². The lowest BCUT2D eigenvalue weighted by Gasteiger charge is -2.41. The van der Waals surface area contributed by atoms with E-state index in [9.17, 15) is 0 Å². The van der Waals surface area contributed by atoms with Gasteiger partial charge in [-0.2, -0.15) is 0 Å². The summed E-state index contributed by atoms with van der Waals surface area (Å²) in [7, 11) is 1.72. The molecule has 0 unspecified atom stereocenters. The van der Waals surface area contributed by atoms with Gasteiger partial charge in [0, 0.05) is 25.8 Å². The molecule has 3 heteroatoms. The molecule has 0 aromatic rings. The van der Waals surface area contributed by atoms with E-state index in [2.05, 4.69) is 6.04 Å². The summed E-state index contributed by atoms with van der Waals surface area (Å²) in [5.74, 6) is 0.786. The number of hydrogen-bond acceptors (Lipinski definition) is 2. The Hall–Kier alpha value is 0.137. The lowest BCUT2D eigenvalue weighted by Crippen LogP contribution is -2.49. The SMILES string of the molecule is CO[Si]([CH]C1CCC1)(OC)C1CCCCC1. The van der Waals surface area contributed by atoms with Crippen molar-refractivity contribution >= 4 is 8.56 Å². The first-order valence-corrected chi connectivity index (χ1v) is 8.74. The van der Waals surface area contributed by atoms with Crippen molar-refractivity contribution < 1.29 is 8.85 Å². The highest BCUT2D eigenvalue weighted by molar-refractivity contribution is 6.72. The zero-order valence-electron chi connectivity index (χ0n) is 10.7. The van der Waals surface area contributed by atoms with Crippen LogP contribution in [-0.2, 0) is 8.85 Å². The topological polar surface area (TPSA) is 18.5 Å². The van der Waals surface area contributed by atoms with Crippen LogP contribution in [0.4, 0.5) is 0 Å². The predicted octanol–water partition coefficient (Wildman–Crippen LogP) is 3.60. The third kappa shape index (κ3) is 2.52. The Bertz CT molecular complexity index is 206. The molecule has 0 atom stereocenters. The molecule has 93 valence electrons. The highest BCUT2D eigenvalue weighted by Gasteiger charge is 2.47. The summed E-state index contributed by atoms with van der Waals surface area (Å²) in [5, 5.41) is 0. The molecule has 0 amide bonds. The van der Waals surface area contributed by atoms with E-state index in [0.29, 0.717) is 5.54 Å². The molecule has 0 aliphatic heterocycles. The van der Waals surface area contributed by atoms with Gasteiger partial charge in [-0.3, -0.25) is 0 Å². The van der Waals surface area contributed by atoms with Crippen LogP contribution in [0.25, 0.3) is 0 Å². The molecule has 2 aliphatic carbocycles. The number of rotatable bonds is 5. The first-order valence-electron chi connectivity index (χ1n) is 6.77. The molecule has 0 bridgehead atoms. The molecule has 0 heterocycles. The van der Waals surface area contributed by atoms with Gasteiger partial charge in [0.15, 0.2) is 0 Å². The van der Waals surface area contributed by atoms with Gasteiger partial charge in [-0.05, 0) is 18.8 Å². The van der Waals surface area contributed by atoms with Crippen molar-refractivity contribution in [3.05, 3.63) is 6.04 Å². The lowest BCUT2D eigenvalue weighted by atomic mass is 9.87. The Balaban J connectivity index is 1.99. The predicted molar refractivity (Wildman–Crippen MR) is 68.2 cm³/mol. The van der Waals surface area contributed by atoms with E-state index < -0.39 is 8.56 Å². The molecule has 0 spiro atoms. The summed E-state index contributed by atoms with van der Waals surface area (Å²) in [6.07, 6.45) is 10.9. The standard InChI is InChI=1S/C13H25O2Si/c1-14-16(15-2,11-12-7-6-8-12)13-9-4-3-5-10-13/h11-13H,3-10H2,1-2H3. The van der Waals surface area contributed by atoms with E-state index in [1.54, 1.807) is 0 Å². The smallest absolute Gasteiger partial charge is 0.344 e. The Labute approximate surface area is 101 Å². The molecule has 0 aromatic heterocycles. The van der Waals surface area contributed by atoms with Crippen LogP contribution in [0.5, 0.6) is 0 Å². The van der Waals surface area contributed by atoms with Crippen LogP contribution in [0.1, 0.15) is 51.4 Å². The molecule has 16 heavy (non-hydrogen) atoms. The van der Waals surface area contributed by atoms with Crippen LogP contribution in [0.3, 0.4) is 0 Å².